The van der Waals surface area contributed by atoms with Crippen molar-refractivity contribution in [2.45, 2.75) is 0 Å². The van der Waals surface area contributed by atoms with Gasteiger partial charge in [-0.2, -0.15) is 0 Å². The minimum atomic E-state index is 0.688. The second-order valence-electron chi connectivity index (χ2n) is 6.89. The number of hydrogen-bond acceptors (Lipinski definition) is 2. The number of fused-ring (bicyclic) bond motifs is 7. The van der Waals surface area contributed by atoms with Crippen molar-refractivity contribution >= 4 is 60.1 Å². The minimum Gasteiger partial charge on any atom is -0.446 e. The molecule has 3 aromatic carbocycles. The van der Waals surface area contributed by atoms with Gasteiger partial charge in [-0.3, -0.25) is 0 Å². The van der Waals surface area contributed by atoms with Crippen LogP contribution in [0.15, 0.2) is 77.4 Å². The van der Waals surface area contributed by atoms with E-state index in [0.717, 1.165) is 16.4 Å². The summed E-state index contributed by atoms with van der Waals surface area (Å²) in [5, 5.41) is 7.29. The molecule has 0 N–H and O–H groups in total. The Labute approximate surface area is 147 Å². The average molecular weight is 332 g/mol. The second-order valence-corrected chi connectivity index (χ2v) is 6.89. The maximum absolute atomic E-state index is 5.59. The lowest BCUT2D eigenvalue weighted by atomic mass is 10.0. The summed E-state index contributed by atoms with van der Waals surface area (Å²) in [6.07, 6.45) is 1.71. The fourth-order valence-corrected chi connectivity index (χ4v) is 4.53. The molecule has 0 unspecified atom stereocenters. The number of para-hydroxylation sites is 1. The summed E-state index contributed by atoms with van der Waals surface area (Å²) in [5.41, 5.74) is 5.29. The quantitative estimate of drug-likeness (QED) is 0.247. The summed E-state index contributed by atoms with van der Waals surface area (Å²) in [5.74, 6) is 0. The maximum Gasteiger partial charge on any atom is 0.226 e. The van der Waals surface area contributed by atoms with Crippen LogP contribution in [0.25, 0.3) is 60.1 Å². The molecule has 0 aliphatic rings. The monoisotopic (exact) mass is 332 g/mol. The van der Waals surface area contributed by atoms with Crippen LogP contribution in [0.1, 0.15) is 0 Å². The molecule has 7 rings (SSSR count). The van der Waals surface area contributed by atoms with Crippen molar-refractivity contribution in [1.29, 1.82) is 0 Å². The zero-order valence-electron chi connectivity index (χ0n) is 13.7. The van der Waals surface area contributed by atoms with Gasteiger partial charge in [0.05, 0.1) is 28.3 Å². The van der Waals surface area contributed by atoms with Gasteiger partial charge in [0.25, 0.3) is 0 Å². The van der Waals surface area contributed by atoms with Crippen molar-refractivity contribution in [1.82, 2.24) is 9.38 Å². The molecule has 4 aromatic heterocycles. The third-order valence-corrected chi connectivity index (χ3v) is 5.60. The summed E-state index contributed by atoms with van der Waals surface area (Å²) >= 11 is 0. The average Bonchev–Trinajstić information content (AvgIpc) is 3.28. The Bertz CT molecular complexity index is 1630. The van der Waals surface area contributed by atoms with Crippen molar-refractivity contribution in [2.24, 2.45) is 0 Å². The molecule has 3 nitrogen and oxygen atoms in total. The fraction of sp³-hybridized carbons (Fsp3) is 0. The number of benzene rings is 3. The first kappa shape index (κ1) is 12.7. The zero-order valence-corrected chi connectivity index (χ0v) is 13.7. The molecule has 0 radical (unpaired) electrons. The first-order valence-electron chi connectivity index (χ1n) is 8.74. The summed E-state index contributed by atoms with van der Waals surface area (Å²) in [6, 6.07) is 23.7. The Hall–Kier alpha value is -3.59. The third kappa shape index (κ3) is 1.32. The fourth-order valence-electron chi connectivity index (χ4n) is 4.53. The molecule has 0 aliphatic heterocycles. The highest BCUT2D eigenvalue weighted by Gasteiger charge is 2.19. The molecule has 0 aliphatic carbocycles. The summed E-state index contributed by atoms with van der Waals surface area (Å²) < 4.78 is 7.96. The normalized spacial score (nSPS) is 12.6. The van der Waals surface area contributed by atoms with Gasteiger partial charge in [-0.15, -0.1) is 0 Å². The molecular formula is C23H12N2O. The Morgan fingerprint density at radius 2 is 1.65 bits per heavy atom. The van der Waals surface area contributed by atoms with Crippen LogP contribution in [0.3, 0.4) is 0 Å². The topological polar surface area (TPSA) is 30.4 Å². The van der Waals surface area contributed by atoms with E-state index in [9.17, 15) is 0 Å². The van der Waals surface area contributed by atoms with E-state index in [2.05, 4.69) is 65.1 Å². The van der Waals surface area contributed by atoms with Crippen LogP contribution in [-0.4, -0.2) is 9.38 Å². The van der Waals surface area contributed by atoms with Gasteiger partial charge in [-0.05, 0) is 23.6 Å². The van der Waals surface area contributed by atoms with Crippen LogP contribution in [0.4, 0.5) is 0 Å². The number of aromatic nitrogens is 2. The van der Waals surface area contributed by atoms with Crippen LogP contribution in [0.5, 0.6) is 0 Å². The van der Waals surface area contributed by atoms with E-state index >= 15 is 0 Å². The van der Waals surface area contributed by atoms with Crippen molar-refractivity contribution in [3.63, 3.8) is 0 Å². The summed E-state index contributed by atoms with van der Waals surface area (Å²) in [4.78, 5) is 4.89. The van der Waals surface area contributed by atoms with E-state index in [1.165, 1.54) is 38.0 Å². The number of pyridine rings is 2. The van der Waals surface area contributed by atoms with Crippen LogP contribution in [0.2, 0.25) is 0 Å². The van der Waals surface area contributed by atoms with E-state index in [0.29, 0.717) is 5.71 Å². The van der Waals surface area contributed by atoms with Crippen LogP contribution < -0.4 is 0 Å². The molecule has 120 valence electrons. The van der Waals surface area contributed by atoms with E-state index < -0.39 is 0 Å². The minimum absolute atomic E-state index is 0.688. The Morgan fingerprint density at radius 1 is 0.731 bits per heavy atom. The van der Waals surface area contributed by atoms with Crippen LogP contribution in [-0.2, 0) is 0 Å². The standard InChI is InChI=1S/C23H12N2O/c1-2-7-18-15(5-1)16-9-8-13-4-3-6-17-20(13)22(16)25(18)19-12-14-10-11-26-23(14)24-21(17)19/h1-12H. The SMILES string of the molecule is c1cc2ccc3c4ccccc4n4c5cc6ccoc6nc5c(c1)c2c34. The zero-order chi connectivity index (χ0) is 16.8. The highest BCUT2D eigenvalue weighted by atomic mass is 16.3. The van der Waals surface area contributed by atoms with E-state index in [4.69, 9.17) is 9.40 Å². The first-order chi connectivity index (χ1) is 12.9. The lowest BCUT2D eigenvalue weighted by Gasteiger charge is -2.12. The molecule has 7 aromatic rings. The van der Waals surface area contributed by atoms with Crippen molar-refractivity contribution in [3.8, 4) is 0 Å². The molecular weight excluding hydrogens is 320 g/mol. The van der Waals surface area contributed by atoms with Crippen LogP contribution in [0, 0.1) is 0 Å². The Kier molecular flexibility index (Phi) is 2.03. The predicted octanol–water partition coefficient (Wildman–Crippen LogP) is 6.13. The molecule has 0 saturated heterocycles. The summed E-state index contributed by atoms with van der Waals surface area (Å²) in [7, 11) is 0. The molecule has 26 heavy (non-hydrogen) atoms. The highest BCUT2D eigenvalue weighted by molar-refractivity contribution is 6.28. The van der Waals surface area contributed by atoms with E-state index in [-0.39, 0.29) is 0 Å². The molecule has 0 amide bonds. The smallest absolute Gasteiger partial charge is 0.226 e. The predicted molar refractivity (Wildman–Crippen MR) is 106 cm³/mol. The van der Waals surface area contributed by atoms with E-state index in [1.54, 1.807) is 6.26 Å². The first-order valence-corrected chi connectivity index (χ1v) is 8.74. The lowest BCUT2D eigenvalue weighted by molar-refractivity contribution is 0.604. The third-order valence-electron chi connectivity index (χ3n) is 5.60. The van der Waals surface area contributed by atoms with Crippen molar-refractivity contribution in [2.75, 3.05) is 0 Å². The van der Waals surface area contributed by atoms with E-state index in [1.807, 2.05) is 6.07 Å². The number of hydrogen-bond donors (Lipinski definition) is 0. The number of rotatable bonds is 0. The molecule has 0 spiro atoms. The lowest BCUT2D eigenvalue weighted by Crippen LogP contribution is -1.94. The van der Waals surface area contributed by atoms with Crippen molar-refractivity contribution < 1.29 is 4.42 Å². The Morgan fingerprint density at radius 3 is 2.65 bits per heavy atom. The van der Waals surface area contributed by atoms with Crippen LogP contribution >= 0.6 is 0 Å². The van der Waals surface area contributed by atoms with Gasteiger partial charge < -0.3 is 8.82 Å². The van der Waals surface area contributed by atoms with Gasteiger partial charge in [-0.25, -0.2) is 4.98 Å². The summed E-state index contributed by atoms with van der Waals surface area (Å²) in [6.45, 7) is 0. The maximum atomic E-state index is 5.59. The van der Waals surface area contributed by atoms with Gasteiger partial charge in [0.1, 0.15) is 0 Å². The van der Waals surface area contributed by atoms with Gasteiger partial charge in [0, 0.05) is 26.9 Å². The second kappa shape index (κ2) is 4.14. The van der Waals surface area contributed by atoms with Crippen molar-refractivity contribution in [3.05, 3.63) is 73.0 Å². The van der Waals surface area contributed by atoms with Gasteiger partial charge >= 0.3 is 0 Å². The molecule has 0 bridgehead atoms. The largest absolute Gasteiger partial charge is 0.446 e. The Balaban J connectivity index is 1.99. The molecule has 0 saturated carbocycles. The molecule has 0 fully saturated rings. The number of nitrogens with zero attached hydrogens (tertiary/aromatic N) is 2. The van der Waals surface area contributed by atoms with Gasteiger partial charge in [0.15, 0.2) is 0 Å². The van der Waals surface area contributed by atoms with Gasteiger partial charge in [0.2, 0.25) is 5.71 Å². The highest BCUT2D eigenvalue weighted by Crippen LogP contribution is 2.41. The molecule has 3 heteroatoms. The molecule has 4 heterocycles. The van der Waals surface area contributed by atoms with Gasteiger partial charge in [-0.1, -0.05) is 48.5 Å². The number of furan rings is 1. The molecule has 0 atom stereocenters.